The molecule has 0 spiro atoms. The lowest BCUT2D eigenvalue weighted by atomic mass is 10.2. The Morgan fingerprint density at radius 1 is 1.41 bits per heavy atom. The molecule has 0 radical (unpaired) electrons. The van der Waals surface area contributed by atoms with Gasteiger partial charge in [0.1, 0.15) is 6.04 Å². The summed E-state index contributed by atoms with van der Waals surface area (Å²) in [6.45, 7) is -0.311. The molecule has 1 atom stereocenters. The summed E-state index contributed by atoms with van der Waals surface area (Å²) in [6, 6.07) is 6.85. The Kier molecular flexibility index (Phi) is 4.17. The van der Waals surface area contributed by atoms with Gasteiger partial charge in [0.25, 0.3) is 0 Å². The van der Waals surface area contributed by atoms with Gasteiger partial charge in [0.15, 0.2) is 0 Å². The van der Waals surface area contributed by atoms with Crippen molar-refractivity contribution in [3.8, 4) is 0 Å². The second kappa shape index (κ2) is 6.25. The summed E-state index contributed by atoms with van der Waals surface area (Å²) in [7, 11) is 0. The van der Waals surface area contributed by atoms with Crippen molar-refractivity contribution in [2.75, 3.05) is 11.9 Å². The van der Waals surface area contributed by atoms with Gasteiger partial charge in [-0.2, -0.15) is 0 Å². The molecule has 6 nitrogen and oxygen atoms in total. The molecule has 1 aromatic carbocycles. The van der Waals surface area contributed by atoms with Gasteiger partial charge in [-0.1, -0.05) is 15.9 Å². The van der Waals surface area contributed by atoms with Crippen LogP contribution in [0, 0.1) is 0 Å². The van der Waals surface area contributed by atoms with E-state index >= 15 is 0 Å². The van der Waals surface area contributed by atoms with Gasteiger partial charge < -0.3 is 15.0 Å². The monoisotopic (exact) mass is 360 g/mol. The summed E-state index contributed by atoms with van der Waals surface area (Å²) in [5, 5.41) is 13.1. The number of rotatable bonds is 4. The van der Waals surface area contributed by atoms with E-state index in [2.05, 4.69) is 31.2 Å². The number of fused-ring (bicyclic) bond motifs is 1. The third kappa shape index (κ3) is 3.00. The summed E-state index contributed by atoms with van der Waals surface area (Å²) in [5.74, 6) is -0.323. The maximum atomic E-state index is 12.3. The van der Waals surface area contributed by atoms with E-state index in [0.717, 1.165) is 15.4 Å². The number of imidazole rings is 1. The molecule has 2 aromatic heterocycles. The van der Waals surface area contributed by atoms with Crippen LogP contribution in [0.2, 0.25) is 0 Å². The minimum absolute atomic E-state index is 0.311. The molecule has 2 N–H and O–H groups in total. The lowest BCUT2D eigenvalue weighted by Gasteiger charge is -2.15. The fraction of sp³-hybridized carbons (Fsp3) is 0.133. The first-order valence-electron chi connectivity index (χ1n) is 6.62. The molecular formula is C15H13BrN4O2. The maximum absolute atomic E-state index is 12.3. The van der Waals surface area contributed by atoms with Crippen molar-refractivity contribution < 1.29 is 9.90 Å². The molecule has 0 saturated heterocycles. The van der Waals surface area contributed by atoms with Crippen LogP contribution in [0.15, 0.2) is 53.7 Å². The highest BCUT2D eigenvalue weighted by Gasteiger charge is 2.19. The molecule has 0 bridgehead atoms. The first-order valence-corrected chi connectivity index (χ1v) is 7.41. The number of aromatic nitrogens is 3. The molecule has 1 amide bonds. The van der Waals surface area contributed by atoms with E-state index in [1.807, 2.05) is 24.3 Å². The minimum Gasteiger partial charge on any atom is -0.394 e. The number of carbonyl (C=O) groups is 1. The number of amides is 1. The average Bonchev–Trinajstić information content (AvgIpc) is 3.01. The van der Waals surface area contributed by atoms with E-state index < -0.39 is 6.04 Å². The van der Waals surface area contributed by atoms with Gasteiger partial charge in [0.05, 0.1) is 30.3 Å². The minimum atomic E-state index is -0.722. The lowest BCUT2D eigenvalue weighted by Crippen LogP contribution is -2.28. The van der Waals surface area contributed by atoms with Gasteiger partial charge in [-0.3, -0.25) is 9.78 Å². The van der Waals surface area contributed by atoms with E-state index in [4.69, 9.17) is 0 Å². The Morgan fingerprint density at radius 2 is 2.27 bits per heavy atom. The van der Waals surface area contributed by atoms with Crippen molar-refractivity contribution >= 4 is 38.4 Å². The highest BCUT2D eigenvalue weighted by atomic mass is 79.9. The van der Waals surface area contributed by atoms with Crippen LogP contribution in [-0.2, 0) is 4.79 Å². The van der Waals surface area contributed by atoms with E-state index in [1.54, 1.807) is 23.2 Å². The molecule has 7 heteroatoms. The maximum Gasteiger partial charge on any atom is 0.249 e. The zero-order valence-corrected chi connectivity index (χ0v) is 13.1. The Balaban J connectivity index is 1.84. The Morgan fingerprint density at radius 3 is 3.00 bits per heavy atom. The van der Waals surface area contributed by atoms with E-state index in [9.17, 15) is 9.90 Å². The van der Waals surface area contributed by atoms with Crippen molar-refractivity contribution in [1.29, 1.82) is 0 Å². The van der Waals surface area contributed by atoms with Crippen molar-refractivity contribution in [2.24, 2.45) is 0 Å². The van der Waals surface area contributed by atoms with Crippen LogP contribution >= 0.6 is 15.9 Å². The summed E-state index contributed by atoms with van der Waals surface area (Å²) >= 11 is 3.41. The van der Waals surface area contributed by atoms with Crippen molar-refractivity contribution in [3.63, 3.8) is 0 Å². The fourth-order valence-electron chi connectivity index (χ4n) is 2.16. The first-order chi connectivity index (χ1) is 10.7. The molecule has 0 aliphatic carbocycles. The number of nitrogens with zero attached hydrogens (tertiary/aromatic N) is 3. The van der Waals surface area contributed by atoms with E-state index in [0.29, 0.717) is 5.69 Å². The van der Waals surface area contributed by atoms with Crippen molar-refractivity contribution in [1.82, 2.24) is 14.5 Å². The predicted molar refractivity (Wildman–Crippen MR) is 86.4 cm³/mol. The Labute approximate surface area is 134 Å². The topological polar surface area (TPSA) is 80.0 Å². The zero-order chi connectivity index (χ0) is 15.5. The number of nitrogens with one attached hydrogen (secondary N) is 1. The largest absolute Gasteiger partial charge is 0.394 e. The summed E-state index contributed by atoms with van der Waals surface area (Å²) in [6.07, 6.45) is 6.29. The molecule has 0 unspecified atom stereocenters. The molecule has 112 valence electrons. The second-order valence-corrected chi connectivity index (χ2v) is 5.67. The predicted octanol–water partition coefficient (Wildman–Crippen LogP) is 2.37. The van der Waals surface area contributed by atoms with Gasteiger partial charge in [-0.15, -0.1) is 0 Å². The normalized spacial score (nSPS) is 12.3. The molecule has 22 heavy (non-hydrogen) atoms. The summed E-state index contributed by atoms with van der Waals surface area (Å²) in [5.41, 5.74) is 1.42. The van der Waals surface area contributed by atoms with Gasteiger partial charge in [0.2, 0.25) is 5.91 Å². The molecule has 0 fully saturated rings. The van der Waals surface area contributed by atoms with Crippen LogP contribution in [0.3, 0.4) is 0 Å². The molecule has 0 aliphatic heterocycles. The molecule has 2 heterocycles. The van der Waals surface area contributed by atoms with Gasteiger partial charge >= 0.3 is 0 Å². The molecule has 3 rings (SSSR count). The Hall–Kier alpha value is -2.25. The highest BCUT2D eigenvalue weighted by molar-refractivity contribution is 9.10. The number of hydrogen-bond donors (Lipinski definition) is 2. The molecule has 0 saturated carbocycles. The lowest BCUT2D eigenvalue weighted by molar-refractivity contribution is -0.120. The number of benzene rings is 1. The smallest absolute Gasteiger partial charge is 0.249 e. The zero-order valence-electron chi connectivity index (χ0n) is 11.5. The quantitative estimate of drug-likeness (QED) is 0.748. The van der Waals surface area contributed by atoms with Crippen molar-refractivity contribution in [3.05, 3.63) is 53.7 Å². The average molecular weight is 361 g/mol. The van der Waals surface area contributed by atoms with Gasteiger partial charge in [0, 0.05) is 22.3 Å². The van der Waals surface area contributed by atoms with Crippen LogP contribution in [-0.4, -0.2) is 32.2 Å². The molecule has 0 aliphatic rings. The van der Waals surface area contributed by atoms with Crippen LogP contribution in [0.1, 0.15) is 6.04 Å². The van der Waals surface area contributed by atoms with Gasteiger partial charge in [-0.05, 0) is 24.3 Å². The number of aliphatic hydroxyl groups is 1. The number of carbonyl (C=O) groups excluding carboxylic acids is 1. The van der Waals surface area contributed by atoms with Gasteiger partial charge in [-0.25, -0.2) is 4.98 Å². The van der Waals surface area contributed by atoms with Crippen LogP contribution < -0.4 is 5.32 Å². The fourth-order valence-corrected chi connectivity index (χ4v) is 2.54. The summed E-state index contributed by atoms with van der Waals surface area (Å²) < 4.78 is 2.50. The standard InChI is InChI=1S/C15H13BrN4O2/c16-11-1-2-13-10(5-11)6-12(7-18-13)19-15(22)14(8-21)20-4-3-17-9-20/h1-7,9,14,21H,8H2,(H,19,22)/t14-/m0/s1. The summed E-state index contributed by atoms with van der Waals surface area (Å²) in [4.78, 5) is 20.5. The third-order valence-corrected chi connectivity index (χ3v) is 3.76. The van der Waals surface area contributed by atoms with Crippen LogP contribution in [0.4, 0.5) is 5.69 Å². The van der Waals surface area contributed by atoms with E-state index in [1.165, 1.54) is 6.33 Å². The molecule has 3 aromatic rings. The van der Waals surface area contributed by atoms with Crippen LogP contribution in [0.5, 0.6) is 0 Å². The van der Waals surface area contributed by atoms with Crippen LogP contribution in [0.25, 0.3) is 10.9 Å². The number of hydrogen-bond acceptors (Lipinski definition) is 4. The number of halogens is 1. The SMILES string of the molecule is O=C(Nc1cnc2ccc(Br)cc2c1)[C@H](CO)n1ccnc1. The second-order valence-electron chi connectivity index (χ2n) is 4.76. The number of anilines is 1. The first kappa shape index (κ1) is 14.7. The Bertz CT molecular complexity index is 804. The number of pyridine rings is 1. The van der Waals surface area contributed by atoms with Crippen molar-refractivity contribution in [2.45, 2.75) is 6.04 Å². The number of aliphatic hydroxyl groups excluding tert-OH is 1. The van der Waals surface area contributed by atoms with E-state index in [-0.39, 0.29) is 12.5 Å². The molecular weight excluding hydrogens is 348 g/mol. The highest BCUT2D eigenvalue weighted by Crippen LogP contribution is 2.21. The third-order valence-electron chi connectivity index (χ3n) is 3.27.